The molecule has 2 heterocycles. The van der Waals surface area contributed by atoms with E-state index < -0.39 is 5.91 Å². The van der Waals surface area contributed by atoms with Gasteiger partial charge in [0.1, 0.15) is 6.33 Å². The minimum absolute atomic E-state index is 0.444. The second-order valence-electron chi connectivity index (χ2n) is 8.81. The van der Waals surface area contributed by atoms with E-state index in [9.17, 15) is 4.79 Å². The van der Waals surface area contributed by atoms with Crippen molar-refractivity contribution >= 4 is 22.9 Å². The molecule has 0 aliphatic carbocycles. The Hall–Kier alpha value is -3.78. The lowest BCUT2D eigenvalue weighted by Gasteiger charge is -2.30. The first-order chi connectivity index (χ1) is 16.3. The highest BCUT2D eigenvalue weighted by atomic mass is 16.1. The van der Waals surface area contributed by atoms with Gasteiger partial charge in [-0.15, -0.1) is 0 Å². The van der Waals surface area contributed by atoms with Gasteiger partial charge in [-0.2, -0.15) is 0 Å². The van der Waals surface area contributed by atoms with Crippen molar-refractivity contribution in [1.82, 2.24) is 24.4 Å². The summed E-state index contributed by atoms with van der Waals surface area (Å²) in [5, 5.41) is 3.49. The predicted octanol–water partition coefficient (Wildman–Crippen LogP) is 4.11. The Morgan fingerprint density at radius 1 is 1.00 bits per heavy atom. The van der Waals surface area contributed by atoms with E-state index in [1.807, 2.05) is 47.0 Å². The van der Waals surface area contributed by atoms with Gasteiger partial charge >= 0.3 is 0 Å². The van der Waals surface area contributed by atoms with Crippen molar-refractivity contribution in [2.45, 2.75) is 39.8 Å². The standard InChI is InChI=1S/C26H31N7O/c1-17(2)32(18(3)4)15-14-28-25-22-26(33(16-29-22)21-8-6-5-7-9-21)31-24(30-25)20-12-10-19(11-13-20)23(27)34/h5-13,16-18H,14-15H2,1-4H3,(H2,27,34)(H,28,30,31). The number of para-hydroxylation sites is 1. The van der Waals surface area contributed by atoms with Crippen molar-refractivity contribution < 1.29 is 4.79 Å². The molecular weight excluding hydrogens is 426 g/mol. The number of carbonyl (C=O) groups is 1. The molecule has 8 nitrogen and oxygen atoms in total. The Morgan fingerprint density at radius 2 is 1.68 bits per heavy atom. The number of imidazole rings is 1. The number of carbonyl (C=O) groups excluding carboxylic acids is 1. The topological polar surface area (TPSA) is 102 Å². The molecule has 8 heteroatoms. The second-order valence-corrected chi connectivity index (χ2v) is 8.81. The van der Waals surface area contributed by atoms with E-state index in [0.717, 1.165) is 24.3 Å². The summed E-state index contributed by atoms with van der Waals surface area (Å²) >= 11 is 0. The number of fused-ring (bicyclic) bond motifs is 1. The van der Waals surface area contributed by atoms with E-state index in [-0.39, 0.29) is 0 Å². The zero-order chi connectivity index (χ0) is 24.2. The normalized spacial score (nSPS) is 11.6. The summed E-state index contributed by atoms with van der Waals surface area (Å²) in [4.78, 5) is 28.2. The monoisotopic (exact) mass is 457 g/mol. The Balaban J connectivity index is 1.74. The number of hydrogen-bond acceptors (Lipinski definition) is 6. The number of hydrogen-bond donors (Lipinski definition) is 2. The Morgan fingerprint density at radius 3 is 2.29 bits per heavy atom. The number of rotatable bonds is 9. The molecule has 2 aromatic carbocycles. The maximum absolute atomic E-state index is 11.5. The zero-order valence-corrected chi connectivity index (χ0v) is 20.1. The predicted molar refractivity (Wildman–Crippen MR) is 136 cm³/mol. The van der Waals surface area contributed by atoms with Crippen molar-refractivity contribution in [2.75, 3.05) is 18.4 Å². The van der Waals surface area contributed by atoms with Gasteiger partial charge < -0.3 is 11.1 Å². The van der Waals surface area contributed by atoms with E-state index in [4.69, 9.17) is 15.7 Å². The van der Waals surface area contributed by atoms with Gasteiger partial charge in [0, 0.05) is 42.0 Å². The van der Waals surface area contributed by atoms with E-state index in [0.29, 0.717) is 40.5 Å². The van der Waals surface area contributed by atoms with Gasteiger partial charge in [0.2, 0.25) is 5.91 Å². The van der Waals surface area contributed by atoms with Crippen molar-refractivity contribution in [2.24, 2.45) is 5.73 Å². The van der Waals surface area contributed by atoms with Crippen LogP contribution in [0.2, 0.25) is 0 Å². The highest BCUT2D eigenvalue weighted by Crippen LogP contribution is 2.26. The van der Waals surface area contributed by atoms with E-state index in [2.05, 4.69) is 42.9 Å². The van der Waals surface area contributed by atoms with Gasteiger partial charge in [0.05, 0.1) is 0 Å². The number of nitrogens with zero attached hydrogens (tertiary/aromatic N) is 5. The van der Waals surface area contributed by atoms with Crippen molar-refractivity contribution in [3.05, 3.63) is 66.5 Å². The van der Waals surface area contributed by atoms with Gasteiger partial charge in [-0.05, 0) is 52.0 Å². The van der Waals surface area contributed by atoms with Crippen LogP contribution < -0.4 is 11.1 Å². The molecule has 0 bridgehead atoms. The lowest BCUT2D eigenvalue weighted by molar-refractivity contribution is 0.100. The molecule has 4 rings (SSSR count). The minimum atomic E-state index is -0.465. The van der Waals surface area contributed by atoms with Crippen LogP contribution in [0, 0.1) is 0 Å². The second kappa shape index (κ2) is 10.0. The van der Waals surface area contributed by atoms with E-state index in [1.54, 1.807) is 18.5 Å². The summed E-state index contributed by atoms with van der Waals surface area (Å²) in [6.45, 7) is 10.4. The Labute approximate surface area is 199 Å². The molecule has 0 saturated heterocycles. The molecule has 1 amide bonds. The van der Waals surface area contributed by atoms with Crippen LogP contribution in [-0.4, -0.2) is 55.5 Å². The zero-order valence-electron chi connectivity index (χ0n) is 20.1. The van der Waals surface area contributed by atoms with Crippen LogP contribution in [0.4, 0.5) is 5.82 Å². The fourth-order valence-electron chi connectivity index (χ4n) is 4.13. The number of amides is 1. The van der Waals surface area contributed by atoms with Crippen LogP contribution >= 0.6 is 0 Å². The molecule has 176 valence electrons. The Bertz CT molecular complexity index is 1260. The fourth-order valence-corrected chi connectivity index (χ4v) is 4.13. The number of anilines is 1. The lowest BCUT2D eigenvalue weighted by Crippen LogP contribution is -2.40. The number of benzene rings is 2. The molecule has 0 aliphatic rings. The number of nitrogens with two attached hydrogens (primary N) is 1. The van der Waals surface area contributed by atoms with Crippen LogP contribution in [0.1, 0.15) is 38.1 Å². The third-order valence-electron chi connectivity index (χ3n) is 5.85. The molecular formula is C26H31N7O. The van der Waals surface area contributed by atoms with Crippen molar-refractivity contribution in [3.8, 4) is 17.1 Å². The van der Waals surface area contributed by atoms with Gasteiger partial charge in [0.15, 0.2) is 22.8 Å². The van der Waals surface area contributed by atoms with E-state index >= 15 is 0 Å². The molecule has 0 unspecified atom stereocenters. The van der Waals surface area contributed by atoms with Gasteiger partial charge in [-0.25, -0.2) is 15.0 Å². The molecule has 0 spiro atoms. The molecule has 0 aliphatic heterocycles. The summed E-state index contributed by atoms with van der Waals surface area (Å²) in [5.74, 6) is 0.765. The van der Waals surface area contributed by atoms with Crippen LogP contribution in [0.3, 0.4) is 0 Å². The molecule has 34 heavy (non-hydrogen) atoms. The SMILES string of the molecule is CC(C)N(CCNc1nc(-c2ccc(C(N)=O)cc2)nc2c1ncn2-c1ccccc1)C(C)C. The summed E-state index contributed by atoms with van der Waals surface area (Å²) in [6, 6.07) is 17.9. The smallest absolute Gasteiger partial charge is 0.248 e. The summed E-state index contributed by atoms with van der Waals surface area (Å²) in [5.41, 5.74) is 9.02. The van der Waals surface area contributed by atoms with Crippen LogP contribution in [0.15, 0.2) is 60.9 Å². The van der Waals surface area contributed by atoms with E-state index in [1.165, 1.54) is 0 Å². The highest BCUT2D eigenvalue weighted by molar-refractivity contribution is 5.93. The number of aromatic nitrogens is 4. The first-order valence-corrected chi connectivity index (χ1v) is 11.6. The van der Waals surface area contributed by atoms with Crippen molar-refractivity contribution in [3.63, 3.8) is 0 Å². The average Bonchev–Trinajstić information content (AvgIpc) is 3.26. The molecule has 0 saturated carbocycles. The quantitative estimate of drug-likeness (QED) is 0.392. The summed E-state index contributed by atoms with van der Waals surface area (Å²) in [7, 11) is 0. The molecule has 2 aromatic heterocycles. The average molecular weight is 458 g/mol. The maximum Gasteiger partial charge on any atom is 0.248 e. The van der Waals surface area contributed by atoms with Gasteiger partial charge in [-0.1, -0.05) is 30.3 Å². The lowest BCUT2D eigenvalue weighted by atomic mass is 10.1. The largest absolute Gasteiger partial charge is 0.367 e. The fraction of sp³-hybridized carbons (Fsp3) is 0.308. The van der Waals surface area contributed by atoms with Crippen molar-refractivity contribution in [1.29, 1.82) is 0 Å². The third kappa shape index (κ3) is 4.92. The minimum Gasteiger partial charge on any atom is -0.367 e. The highest BCUT2D eigenvalue weighted by Gasteiger charge is 2.17. The summed E-state index contributed by atoms with van der Waals surface area (Å²) < 4.78 is 1.96. The molecule has 0 atom stereocenters. The van der Waals surface area contributed by atoms with Gasteiger partial charge in [-0.3, -0.25) is 14.3 Å². The first-order valence-electron chi connectivity index (χ1n) is 11.6. The van der Waals surface area contributed by atoms with Gasteiger partial charge in [0.25, 0.3) is 0 Å². The number of nitrogens with one attached hydrogen (secondary N) is 1. The van der Waals surface area contributed by atoms with Crippen LogP contribution in [0.25, 0.3) is 28.2 Å². The third-order valence-corrected chi connectivity index (χ3v) is 5.85. The molecule has 0 fully saturated rings. The summed E-state index contributed by atoms with van der Waals surface area (Å²) in [6.07, 6.45) is 1.77. The maximum atomic E-state index is 11.5. The van der Waals surface area contributed by atoms with Crippen LogP contribution in [-0.2, 0) is 0 Å². The Kier molecular flexibility index (Phi) is 6.88. The first kappa shape index (κ1) is 23.4. The number of primary amides is 1. The molecule has 0 radical (unpaired) electrons. The molecule has 3 N–H and O–H groups in total. The molecule has 4 aromatic rings. The van der Waals surface area contributed by atoms with Crippen LogP contribution in [0.5, 0.6) is 0 Å².